The molecule has 0 aliphatic heterocycles. The van der Waals surface area contributed by atoms with Gasteiger partial charge in [0.1, 0.15) is 18.5 Å². The Morgan fingerprint density at radius 2 is 2.08 bits per heavy atom. The molecular formula is C19H23N4O3+. The standard InChI is InChI=1S/C19H22N4O3/c1-19(2,3)26-18(25)20-17-11-13(12-24)21-23(17)16-9-5-8-15-14(16)7-6-10-22(15)4/h5-11,24H,12H2,1-4H3/p+1. The van der Waals surface area contributed by atoms with Gasteiger partial charge in [0, 0.05) is 18.2 Å². The summed E-state index contributed by atoms with van der Waals surface area (Å²) in [4.78, 5) is 12.2. The zero-order valence-electron chi connectivity index (χ0n) is 15.4. The second-order valence-corrected chi connectivity index (χ2v) is 7.05. The minimum Gasteiger partial charge on any atom is -0.444 e. The first-order valence-corrected chi connectivity index (χ1v) is 8.36. The van der Waals surface area contributed by atoms with E-state index in [1.165, 1.54) is 0 Å². The Kier molecular flexibility index (Phi) is 4.65. The number of pyridine rings is 1. The maximum absolute atomic E-state index is 12.2. The molecule has 26 heavy (non-hydrogen) atoms. The fourth-order valence-electron chi connectivity index (χ4n) is 2.74. The molecule has 0 radical (unpaired) electrons. The van der Waals surface area contributed by atoms with E-state index in [9.17, 15) is 9.90 Å². The number of carbonyl (C=O) groups excluding carboxylic acids is 1. The molecule has 2 aromatic heterocycles. The smallest absolute Gasteiger partial charge is 0.413 e. The van der Waals surface area contributed by atoms with Crippen LogP contribution in [-0.2, 0) is 18.4 Å². The van der Waals surface area contributed by atoms with E-state index >= 15 is 0 Å². The van der Waals surface area contributed by atoms with E-state index in [1.807, 2.05) is 48.1 Å². The Morgan fingerprint density at radius 1 is 1.31 bits per heavy atom. The van der Waals surface area contributed by atoms with Crippen LogP contribution in [-0.4, -0.2) is 26.6 Å². The molecule has 7 heteroatoms. The van der Waals surface area contributed by atoms with Gasteiger partial charge in [0.25, 0.3) is 0 Å². The summed E-state index contributed by atoms with van der Waals surface area (Å²) in [7, 11) is 1.97. The number of amides is 1. The summed E-state index contributed by atoms with van der Waals surface area (Å²) in [5, 5.41) is 17.6. The summed E-state index contributed by atoms with van der Waals surface area (Å²) in [6.45, 7) is 5.17. The van der Waals surface area contributed by atoms with Crippen molar-refractivity contribution in [3.8, 4) is 5.69 Å². The molecule has 0 aliphatic rings. The highest BCUT2D eigenvalue weighted by Crippen LogP contribution is 2.24. The third kappa shape index (κ3) is 3.67. The summed E-state index contributed by atoms with van der Waals surface area (Å²) in [6.07, 6.45) is 1.39. The lowest BCUT2D eigenvalue weighted by Crippen LogP contribution is -2.28. The molecule has 0 unspecified atom stereocenters. The minimum absolute atomic E-state index is 0.228. The molecular weight excluding hydrogens is 332 g/mol. The number of anilines is 1. The molecule has 0 bridgehead atoms. The first-order chi connectivity index (χ1) is 12.3. The largest absolute Gasteiger partial charge is 0.444 e. The van der Waals surface area contributed by atoms with E-state index in [2.05, 4.69) is 10.4 Å². The number of nitrogens with one attached hydrogen (secondary N) is 1. The first-order valence-electron chi connectivity index (χ1n) is 8.36. The van der Waals surface area contributed by atoms with Crippen molar-refractivity contribution in [3.05, 3.63) is 48.3 Å². The molecule has 0 atom stereocenters. The summed E-state index contributed by atoms with van der Waals surface area (Å²) >= 11 is 0. The number of fused-ring (bicyclic) bond motifs is 1. The molecule has 2 heterocycles. The van der Waals surface area contributed by atoms with E-state index in [0.29, 0.717) is 11.5 Å². The fraction of sp³-hybridized carbons (Fsp3) is 0.316. The normalized spacial score (nSPS) is 11.6. The molecule has 1 aromatic carbocycles. The van der Waals surface area contributed by atoms with Crippen molar-refractivity contribution in [3.63, 3.8) is 0 Å². The predicted octanol–water partition coefficient (Wildman–Crippen LogP) is 2.69. The van der Waals surface area contributed by atoms with Crippen LogP contribution in [0.3, 0.4) is 0 Å². The highest BCUT2D eigenvalue weighted by molar-refractivity contribution is 5.88. The second kappa shape index (κ2) is 6.76. The number of aryl methyl sites for hydroxylation is 1. The van der Waals surface area contributed by atoms with Gasteiger partial charge in [0.05, 0.1) is 23.4 Å². The average Bonchev–Trinajstić information content (AvgIpc) is 2.95. The van der Waals surface area contributed by atoms with Gasteiger partial charge in [-0.1, -0.05) is 6.07 Å². The topological polar surface area (TPSA) is 80.3 Å². The number of ether oxygens (including phenoxy) is 1. The van der Waals surface area contributed by atoms with Gasteiger partial charge in [0.2, 0.25) is 5.52 Å². The second-order valence-electron chi connectivity index (χ2n) is 7.05. The van der Waals surface area contributed by atoms with Crippen molar-refractivity contribution < 1.29 is 19.2 Å². The van der Waals surface area contributed by atoms with Crippen molar-refractivity contribution >= 4 is 22.8 Å². The van der Waals surface area contributed by atoms with Crippen LogP contribution >= 0.6 is 0 Å². The molecule has 1 amide bonds. The zero-order chi connectivity index (χ0) is 18.9. The van der Waals surface area contributed by atoms with Crippen LogP contribution in [0.2, 0.25) is 0 Å². The molecule has 0 spiro atoms. The highest BCUT2D eigenvalue weighted by Gasteiger charge is 2.20. The monoisotopic (exact) mass is 355 g/mol. The molecule has 136 valence electrons. The van der Waals surface area contributed by atoms with Crippen molar-refractivity contribution in [1.82, 2.24) is 9.78 Å². The molecule has 0 aliphatic carbocycles. The lowest BCUT2D eigenvalue weighted by molar-refractivity contribution is -0.644. The minimum atomic E-state index is -0.609. The zero-order valence-corrected chi connectivity index (χ0v) is 15.4. The summed E-state index contributed by atoms with van der Waals surface area (Å²) in [5.74, 6) is 0.433. The molecule has 2 N–H and O–H groups in total. The van der Waals surface area contributed by atoms with Gasteiger partial charge >= 0.3 is 6.09 Å². The lowest BCUT2D eigenvalue weighted by Gasteiger charge is -2.20. The van der Waals surface area contributed by atoms with Crippen molar-refractivity contribution in [1.29, 1.82) is 0 Å². The van der Waals surface area contributed by atoms with Gasteiger partial charge in [0.15, 0.2) is 6.20 Å². The maximum atomic E-state index is 12.2. The van der Waals surface area contributed by atoms with Crippen molar-refractivity contribution in [2.75, 3.05) is 5.32 Å². The van der Waals surface area contributed by atoms with Gasteiger partial charge in [-0.2, -0.15) is 5.10 Å². The Balaban J connectivity index is 2.07. The number of benzene rings is 1. The van der Waals surface area contributed by atoms with Crippen LogP contribution in [0.1, 0.15) is 26.5 Å². The van der Waals surface area contributed by atoms with Crippen molar-refractivity contribution in [2.24, 2.45) is 7.05 Å². The van der Waals surface area contributed by atoms with Crippen LogP contribution in [0.15, 0.2) is 42.6 Å². The highest BCUT2D eigenvalue weighted by atomic mass is 16.6. The van der Waals surface area contributed by atoms with Crippen LogP contribution in [0.4, 0.5) is 10.6 Å². The SMILES string of the molecule is C[n+]1cccc2c(-n3nc(CO)cc3NC(=O)OC(C)(C)C)cccc21. The lowest BCUT2D eigenvalue weighted by atomic mass is 10.2. The van der Waals surface area contributed by atoms with E-state index in [1.54, 1.807) is 31.5 Å². The number of aliphatic hydroxyl groups excluding tert-OH is 1. The van der Waals surface area contributed by atoms with E-state index in [0.717, 1.165) is 16.6 Å². The molecule has 0 fully saturated rings. The molecule has 0 saturated heterocycles. The first kappa shape index (κ1) is 17.9. The fourth-order valence-corrected chi connectivity index (χ4v) is 2.74. The maximum Gasteiger partial charge on any atom is 0.413 e. The third-order valence-corrected chi connectivity index (χ3v) is 3.79. The Hall–Kier alpha value is -2.93. The number of aromatic nitrogens is 3. The Bertz CT molecular complexity index is 957. The quantitative estimate of drug-likeness (QED) is 0.708. The van der Waals surface area contributed by atoms with Crippen molar-refractivity contribution in [2.45, 2.75) is 33.0 Å². The van der Waals surface area contributed by atoms with Gasteiger partial charge < -0.3 is 9.84 Å². The van der Waals surface area contributed by atoms with Gasteiger partial charge in [-0.25, -0.2) is 14.0 Å². The number of rotatable bonds is 3. The number of aliphatic hydroxyl groups is 1. The summed E-state index contributed by atoms with van der Waals surface area (Å²) < 4.78 is 8.94. The van der Waals surface area contributed by atoms with Crippen LogP contribution in [0.5, 0.6) is 0 Å². The number of carbonyl (C=O) groups is 1. The number of nitrogens with zero attached hydrogens (tertiary/aromatic N) is 3. The molecule has 3 aromatic rings. The third-order valence-electron chi connectivity index (χ3n) is 3.79. The number of hydrogen-bond donors (Lipinski definition) is 2. The predicted molar refractivity (Wildman–Crippen MR) is 98.0 cm³/mol. The Labute approximate surface area is 151 Å². The van der Waals surface area contributed by atoms with Gasteiger partial charge in [-0.3, -0.25) is 5.32 Å². The van der Waals surface area contributed by atoms with Crippen LogP contribution < -0.4 is 9.88 Å². The Morgan fingerprint density at radius 3 is 2.77 bits per heavy atom. The summed E-state index contributed by atoms with van der Waals surface area (Å²) in [5.41, 5.74) is 1.66. The van der Waals surface area contributed by atoms with E-state index in [-0.39, 0.29) is 6.61 Å². The van der Waals surface area contributed by atoms with Crippen LogP contribution in [0, 0.1) is 0 Å². The summed E-state index contributed by atoms with van der Waals surface area (Å²) in [6, 6.07) is 11.4. The average molecular weight is 355 g/mol. The van der Waals surface area contributed by atoms with Gasteiger partial charge in [-0.05, 0) is 32.9 Å². The molecule has 3 rings (SSSR count). The van der Waals surface area contributed by atoms with E-state index in [4.69, 9.17) is 4.74 Å². The van der Waals surface area contributed by atoms with Crippen LogP contribution in [0.25, 0.3) is 16.6 Å². The van der Waals surface area contributed by atoms with E-state index < -0.39 is 11.7 Å². The molecule has 0 saturated carbocycles. The molecule has 7 nitrogen and oxygen atoms in total. The number of hydrogen-bond acceptors (Lipinski definition) is 4. The van der Waals surface area contributed by atoms with Gasteiger partial charge in [-0.15, -0.1) is 0 Å².